The third kappa shape index (κ3) is 3.26. The van der Waals surface area contributed by atoms with E-state index in [-0.39, 0.29) is 5.82 Å². The van der Waals surface area contributed by atoms with Gasteiger partial charge in [0.05, 0.1) is 12.4 Å². The van der Waals surface area contributed by atoms with Gasteiger partial charge in [0, 0.05) is 16.6 Å². The van der Waals surface area contributed by atoms with Crippen molar-refractivity contribution in [2.45, 2.75) is 27.3 Å². The van der Waals surface area contributed by atoms with E-state index in [9.17, 15) is 4.39 Å². The van der Waals surface area contributed by atoms with Gasteiger partial charge >= 0.3 is 0 Å². The fourth-order valence-corrected chi connectivity index (χ4v) is 1.63. The van der Waals surface area contributed by atoms with Crippen molar-refractivity contribution in [2.24, 2.45) is 5.73 Å². The number of aromatic amines is 1. The molecule has 0 aliphatic heterocycles. The Morgan fingerprint density at radius 2 is 2.06 bits per heavy atom. The predicted octanol–water partition coefficient (Wildman–Crippen LogP) is 3.16. The van der Waals surface area contributed by atoms with Crippen LogP contribution >= 0.6 is 0 Å². The summed E-state index contributed by atoms with van der Waals surface area (Å²) in [5.74, 6) is 0.232. The highest BCUT2D eigenvalue weighted by Crippen LogP contribution is 2.19. The molecule has 0 unspecified atom stereocenters. The van der Waals surface area contributed by atoms with E-state index in [1.807, 2.05) is 19.9 Å². The largest absolute Gasteiger partial charge is 0.386 e. The second-order valence-electron chi connectivity index (χ2n) is 3.86. The lowest BCUT2D eigenvalue weighted by Gasteiger charge is -2.01. The molecule has 0 spiro atoms. The highest BCUT2D eigenvalue weighted by Gasteiger charge is 2.04. The van der Waals surface area contributed by atoms with Gasteiger partial charge in [0.1, 0.15) is 5.82 Å². The lowest BCUT2D eigenvalue weighted by atomic mass is 10.2. The molecule has 0 atom stereocenters. The van der Waals surface area contributed by atoms with Crippen molar-refractivity contribution in [1.82, 2.24) is 10.3 Å². The number of halogens is 1. The van der Waals surface area contributed by atoms with Crippen LogP contribution in [0.3, 0.4) is 0 Å². The van der Waals surface area contributed by atoms with Crippen LogP contribution in [-0.2, 0) is 6.54 Å². The van der Waals surface area contributed by atoms with Crippen molar-refractivity contribution in [1.29, 1.82) is 0 Å². The average Bonchev–Trinajstić information content (AvgIpc) is 2.72. The Bertz CT molecular complexity index is 504. The maximum absolute atomic E-state index is 13.3. The molecule has 1 aromatic heterocycles. The Morgan fingerprint density at radius 1 is 1.39 bits per heavy atom. The van der Waals surface area contributed by atoms with Crippen LogP contribution < -0.4 is 11.1 Å². The molecule has 0 radical (unpaired) electrons. The molecule has 2 rings (SSSR count). The molecule has 3 nitrogen and oxygen atoms in total. The molecule has 1 aromatic carbocycles. The SMILES string of the molecule is C=C(N)NCc1cc2cc(F)c(C)cc2[nH]1.CC. The summed E-state index contributed by atoms with van der Waals surface area (Å²) in [4.78, 5) is 3.19. The summed E-state index contributed by atoms with van der Waals surface area (Å²) in [6.07, 6.45) is 0. The van der Waals surface area contributed by atoms with Crippen molar-refractivity contribution in [3.63, 3.8) is 0 Å². The van der Waals surface area contributed by atoms with Gasteiger partial charge in [-0.05, 0) is 30.7 Å². The number of hydrogen-bond acceptors (Lipinski definition) is 2. The minimum Gasteiger partial charge on any atom is -0.386 e. The number of hydrogen-bond donors (Lipinski definition) is 3. The van der Waals surface area contributed by atoms with Crippen molar-refractivity contribution in [3.05, 3.63) is 47.7 Å². The fourth-order valence-electron chi connectivity index (χ4n) is 1.63. The summed E-state index contributed by atoms with van der Waals surface area (Å²) >= 11 is 0. The number of nitrogens with two attached hydrogens (primary N) is 1. The quantitative estimate of drug-likeness (QED) is 0.782. The van der Waals surface area contributed by atoms with E-state index in [0.717, 1.165) is 16.6 Å². The molecule has 2 aromatic rings. The molecule has 4 N–H and O–H groups in total. The Labute approximate surface area is 107 Å². The molecule has 0 aliphatic carbocycles. The number of nitrogens with one attached hydrogen (secondary N) is 2. The average molecular weight is 249 g/mol. The highest BCUT2D eigenvalue weighted by molar-refractivity contribution is 5.81. The van der Waals surface area contributed by atoms with Crippen molar-refractivity contribution in [3.8, 4) is 0 Å². The minimum absolute atomic E-state index is 0.186. The van der Waals surface area contributed by atoms with E-state index >= 15 is 0 Å². The van der Waals surface area contributed by atoms with Gasteiger partial charge in [-0.25, -0.2) is 4.39 Å². The van der Waals surface area contributed by atoms with Crippen molar-refractivity contribution < 1.29 is 4.39 Å². The van der Waals surface area contributed by atoms with Crippen LogP contribution in [0.1, 0.15) is 25.1 Å². The molecule has 0 amide bonds. The maximum Gasteiger partial charge on any atom is 0.126 e. The number of rotatable bonds is 3. The molecule has 0 saturated carbocycles. The van der Waals surface area contributed by atoms with E-state index < -0.39 is 0 Å². The van der Waals surface area contributed by atoms with Crippen LogP contribution in [0.4, 0.5) is 4.39 Å². The monoisotopic (exact) mass is 249 g/mol. The van der Waals surface area contributed by atoms with Crippen LogP contribution in [0.25, 0.3) is 10.9 Å². The number of aromatic nitrogens is 1. The number of benzene rings is 1. The van der Waals surface area contributed by atoms with E-state index in [1.54, 1.807) is 13.0 Å². The highest BCUT2D eigenvalue weighted by atomic mass is 19.1. The standard InChI is InChI=1S/C12H14FN3.C2H6/c1-7-3-12-9(5-11(7)13)4-10(16-12)6-15-8(2)14;1-2/h3-5,15-16H,2,6,14H2,1H3;1-2H3. The Balaban J connectivity index is 0.000000771. The minimum atomic E-state index is -0.186. The normalized spacial score (nSPS) is 9.78. The summed E-state index contributed by atoms with van der Waals surface area (Å²) in [7, 11) is 0. The van der Waals surface area contributed by atoms with Gasteiger partial charge in [0.15, 0.2) is 0 Å². The number of H-pyrrole nitrogens is 1. The first-order valence-electron chi connectivity index (χ1n) is 6.02. The van der Waals surface area contributed by atoms with Crippen LogP contribution in [0, 0.1) is 12.7 Å². The predicted molar refractivity (Wildman–Crippen MR) is 74.5 cm³/mol. The summed E-state index contributed by atoms with van der Waals surface area (Å²) in [5.41, 5.74) is 7.92. The van der Waals surface area contributed by atoms with Gasteiger partial charge in [-0.3, -0.25) is 0 Å². The van der Waals surface area contributed by atoms with E-state index in [0.29, 0.717) is 17.9 Å². The lowest BCUT2D eigenvalue weighted by Crippen LogP contribution is -2.18. The molecule has 4 heteroatoms. The van der Waals surface area contributed by atoms with Crippen LogP contribution in [0.5, 0.6) is 0 Å². The zero-order valence-corrected chi connectivity index (χ0v) is 11.1. The molecule has 1 heterocycles. The zero-order chi connectivity index (χ0) is 13.7. The van der Waals surface area contributed by atoms with Gasteiger partial charge in [-0.1, -0.05) is 20.4 Å². The van der Waals surface area contributed by atoms with Gasteiger partial charge < -0.3 is 16.0 Å². The van der Waals surface area contributed by atoms with Gasteiger partial charge in [0.25, 0.3) is 0 Å². The van der Waals surface area contributed by atoms with E-state index in [1.165, 1.54) is 6.07 Å². The molecule has 0 saturated heterocycles. The molecular weight excluding hydrogens is 229 g/mol. The molecule has 98 valence electrons. The van der Waals surface area contributed by atoms with Gasteiger partial charge in [0.2, 0.25) is 0 Å². The smallest absolute Gasteiger partial charge is 0.126 e. The van der Waals surface area contributed by atoms with Gasteiger partial charge in [-0.15, -0.1) is 0 Å². The summed E-state index contributed by atoms with van der Waals surface area (Å²) in [5, 5.41) is 3.77. The molecule has 0 bridgehead atoms. The number of fused-ring (bicyclic) bond motifs is 1. The second kappa shape index (κ2) is 6.10. The molecule has 18 heavy (non-hydrogen) atoms. The van der Waals surface area contributed by atoms with Gasteiger partial charge in [-0.2, -0.15) is 0 Å². The Morgan fingerprint density at radius 3 is 2.67 bits per heavy atom. The molecule has 0 fully saturated rings. The number of aryl methyl sites for hydroxylation is 1. The molecular formula is C14H20FN3. The first kappa shape index (κ1) is 14.1. The Hall–Kier alpha value is -1.97. The second-order valence-corrected chi connectivity index (χ2v) is 3.86. The Kier molecular flexibility index (Phi) is 4.77. The first-order chi connectivity index (χ1) is 8.56. The summed E-state index contributed by atoms with van der Waals surface area (Å²) < 4.78 is 13.3. The summed E-state index contributed by atoms with van der Waals surface area (Å²) in [6, 6.07) is 5.22. The zero-order valence-electron chi connectivity index (χ0n) is 11.1. The van der Waals surface area contributed by atoms with Crippen molar-refractivity contribution >= 4 is 10.9 Å². The molecule has 0 aliphatic rings. The third-order valence-corrected chi connectivity index (χ3v) is 2.46. The first-order valence-corrected chi connectivity index (χ1v) is 6.02. The van der Waals surface area contributed by atoms with Crippen LogP contribution in [0.2, 0.25) is 0 Å². The maximum atomic E-state index is 13.3. The third-order valence-electron chi connectivity index (χ3n) is 2.46. The van der Waals surface area contributed by atoms with E-state index in [4.69, 9.17) is 5.73 Å². The van der Waals surface area contributed by atoms with Crippen molar-refractivity contribution in [2.75, 3.05) is 0 Å². The lowest BCUT2D eigenvalue weighted by molar-refractivity contribution is 0.620. The van der Waals surface area contributed by atoms with E-state index in [2.05, 4.69) is 16.9 Å². The van der Waals surface area contributed by atoms with Crippen LogP contribution in [-0.4, -0.2) is 4.98 Å². The fraction of sp³-hybridized carbons (Fsp3) is 0.286. The van der Waals surface area contributed by atoms with Crippen LogP contribution in [0.15, 0.2) is 30.6 Å². The summed E-state index contributed by atoms with van der Waals surface area (Å²) in [6.45, 7) is 9.85. The topological polar surface area (TPSA) is 53.8 Å².